The van der Waals surface area contributed by atoms with E-state index in [0.717, 1.165) is 32.4 Å². The van der Waals surface area contributed by atoms with Gasteiger partial charge in [-0.25, -0.2) is 4.79 Å². The third-order valence-corrected chi connectivity index (χ3v) is 4.34. The molecule has 2 aromatic carbocycles. The molecule has 0 spiro atoms. The lowest BCUT2D eigenvalue weighted by Crippen LogP contribution is -2.21. The first-order chi connectivity index (χ1) is 15.6. The van der Waals surface area contributed by atoms with Gasteiger partial charge in [0, 0.05) is 5.56 Å². The van der Waals surface area contributed by atoms with E-state index in [0.29, 0.717) is 18.2 Å². The Bertz CT molecular complexity index is 1070. The Labute approximate surface area is 186 Å². The number of esters is 1. The molecule has 0 heterocycles. The fourth-order valence-corrected chi connectivity index (χ4v) is 2.72. The van der Waals surface area contributed by atoms with Gasteiger partial charge in [-0.15, -0.1) is 0 Å². The topological polar surface area (TPSA) is 44.8 Å². The molecule has 0 N–H and O–H groups in total. The number of carbonyl (C=O) groups is 1. The van der Waals surface area contributed by atoms with Crippen LogP contribution in [0.4, 0.5) is 39.5 Å². The molecule has 34 heavy (non-hydrogen) atoms. The van der Waals surface area contributed by atoms with Gasteiger partial charge < -0.3 is 14.2 Å². The minimum Gasteiger partial charge on any atom is -0.493 e. The first-order valence-electron chi connectivity index (χ1n) is 9.03. The molecular weight excluding hydrogens is 487 g/mol. The van der Waals surface area contributed by atoms with Gasteiger partial charge >= 0.3 is 24.5 Å². The van der Waals surface area contributed by atoms with Crippen LogP contribution in [-0.4, -0.2) is 26.4 Å². The van der Waals surface area contributed by atoms with Crippen LogP contribution in [0, 0.1) is 0 Å². The molecule has 0 aliphatic rings. The van der Waals surface area contributed by atoms with Crippen LogP contribution in [0.25, 0.3) is 6.08 Å². The summed E-state index contributed by atoms with van der Waals surface area (Å²) in [5.74, 6) is -2.06. The van der Waals surface area contributed by atoms with Crippen molar-refractivity contribution in [1.82, 2.24) is 0 Å². The SMILES string of the molecule is COC(=O)/C(=C/c1ccc(OCc2ccc(C(F)(F)F)cc2C(F)(F)F)c(OC)c1)C(F)(F)F. The van der Waals surface area contributed by atoms with Gasteiger partial charge in [-0.3, -0.25) is 0 Å². The van der Waals surface area contributed by atoms with Gasteiger partial charge in [0.25, 0.3) is 0 Å². The number of hydrogen-bond donors (Lipinski definition) is 0. The van der Waals surface area contributed by atoms with Gasteiger partial charge in [-0.2, -0.15) is 39.5 Å². The maximum atomic E-state index is 13.3. The average Bonchev–Trinajstić information content (AvgIpc) is 2.73. The average molecular weight is 502 g/mol. The van der Waals surface area contributed by atoms with Gasteiger partial charge in [0.05, 0.1) is 25.3 Å². The number of methoxy groups -OCH3 is 2. The van der Waals surface area contributed by atoms with E-state index >= 15 is 0 Å². The maximum Gasteiger partial charge on any atom is 0.423 e. The summed E-state index contributed by atoms with van der Waals surface area (Å²) < 4.78 is 132. The molecule has 186 valence electrons. The van der Waals surface area contributed by atoms with Crippen molar-refractivity contribution in [2.24, 2.45) is 0 Å². The standard InChI is InChI=1S/C21H15F9O4/c1-32-17-8-11(7-15(18(31)33-2)21(28,29)30)3-6-16(17)34-10-12-4-5-13(19(22,23)24)9-14(12)20(25,26)27/h3-9H,10H2,1-2H3/b15-7-. The molecular formula is C21H15F9O4. The minimum absolute atomic E-state index is 0.0463. The molecule has 2 aromatic rings. The van der Waals surface area contributed by atoms with Crippen LogP contribution < -0.4 is 9.47 Å². The second-order valence-electron chi connectivity index (χ2n) is 6.61. The number of benzene rings is 2. The largest absolute Gasteiger partial charge is 0.493 e. The van der Waals surface area contributed by atoms with Crippen LogP contribution in [0.2, 0.25) is 0 Å². The minimum atomic E-state index is -5.11. The van der Waals surface area contributed by atoms with Crippen LogP contribution in [0.5, 0.6) is 11.5 Å². The normalized spacial score (nSPS) is 13.0. The van der Waals surface area contributed by atoms with Gasteiger partial charge in [0.1, 0.15) is 12.2 Å². The van der Waals surface area contributed by atoms with Crippen LogP contribution in [0.3, 0.4) is 0 Å². The zero-order valence-electron chi connectivity index (χ0n) is 17.3. The van der Waals surface area contributed by atoms with E-state index in [1.54, 1.807) is 0 Å². The van der Waals surface area contributed by atoms with Gasteiger partial charge in [0.2, 0.25) is 0 Å². The zero-order valence-corrected chi connectivity index (χ0v) is 17.3. The second kappa shape index (κ2) is 9.85. The summed E-state index contributed by atoms with van der Waals surface area (Å²) >= 11 is 0. The molecule has 2 rings (SSSR count). The highest BCUT2D eigenvalue weighted by atomic mass is 19.4. The molecule has 0 fully saturated rings. The highest BCUT2D eigenvalue weighted by molar-refractivity contribution is 5.95. The predicted molar refractivity (Wildman–Crippen MR) is 99.8 cm³/mol. The molecule has 0 radical (unpaired) electrons. The third kappa shape index (κ3) is 6.58. The Kier molecular flexibility index (Phi) is 7.79. The van der Waals surface area contributed by atoms with Crippen LogP contribution in [0.15, 0.2) is 42.0 Å². The Balaban J connectivity index is 2.38. The van der Waals surface area contributed by atoms with E-state index in [2.05, 4.69) is 4.74 Å². The quantitative estimate of drug-likeness (QED) is 0.260. The van der Waals surface area contributed by atoms with Crippen LogP contribution in [0.1, 0.15) is 22.3 Å². The summed E-state index contributed by atoms with van der Waals surface area (Å²) in [7, 11) is 1.86. The number of halogens is 9. The second-order valence-corrected chi connectivity index (χ2v) is 6.61. The van der Waals surface area contributed by atoms with Gasteiger partial charge in [-0.05, 0) is 35.9 Å². The summed E-state index contributed by atoms with van der Waals surface area (Å²) in [6, 6.07) is 4.17. The first kappa shape index (κ1) is 26.9. The molecule has 0 unspecified atom stereocenters. The molecule has 0 bridgehead atoms. The van der Waals surface area contributed by atoms with Crippen molar-refractivity contribution in [2.75, 3.05) is 14.2 Å². The number of rotatable bonds is 6. The van der Waals surface area contributed by atoms with Crippen molar-refractivity contribution < 1.29 is 58.5 Å². The fraction of sp³-hybridized carbons (Fsp3) is 0.286. The summed E-state index contributed by atoms with van der Waals surface area (Å²) in [6.45, 7) is -0.825. The Morgan fingerprint density at radius 3 is 2.00 bits per heavy atom. The van der Waals surface area contributed by atoms with Gasteiger partial charge in [-0.1, -0.05) is 12.1 Å². The van der Waals surface area contributed by atoms with E-state index in [4.69, 9.17) is 9.47 Å². The monoisotopic (exact) mass is 502 g/mol. The predicted octanol–water partition coefficient (Wildman–Crippen LogP) is 6.43. The first-order valence-corrected chi connectivity index (χ1v) is 9.03. The number of hydrogen-bond acceptors (Lipinski definition) is 4. The molecule has 0 saturated heterocycles. The van der Waals surface area contributed by atoms with E-state index in [1.165, 1.54) is 0 Å². The van der Waals surface area contributed by atoms with Crippen molar-refractivity contribution in [3.63, 3.8) is 0 Å². The molecule has 0 amide bonds. The molecule has 0 aliphatic heterocycles. The summed E-state index contributed by atoms with van der Waals surface area (Å²) in [4.78, 5) is 11.4. The van der Waals surface area contributed by atoms with Crippen LogP contribution >= 0.6 is 0 Å². The van der Waals surface area contributed by atoms with E-state index in [1.807, 2.05) is 0 Å². The van der Waals surface area contributed by atoms with E-state index < -0.39 is 53.4 Å². The molecule has 0 aromatic heterocycles. The van der Waals surface area contributed by atoms with Crippen molar-refractivity contribution in [2.45, 2.75) is 25.1 Å². The van der Waals surface area contributed by atoms with Crippen molar-refractivity contribution in [1.29, 1.82) is 0 Å². The smallest absolute Gasteiger partial charge is 0.423 e. The highest BCUT2D eigenvalue weighted by Crippen LogP contribution is 2.38. The number of carbonyl (C=O) groups excluding carboxylic acids is 1. The van der Waals surface area contributed by atoms with E-state index in [9.17, 15) is 44.3 Å². The third-order valence-electron chi connectivity index (χ3n) is 4.34. The lowest BCUT2D eigenvalue weighted by Gasteiger charge is -2.17. The Morgan fingerprint density at radius 2 is 1.50 bits per heavy atom. The summed E-state index contributed by atoms with van der Waals surface area (Å²) in [5.41, 5.74) is -5.47. The van der Waals surface area contributed by atoms with Crippen molar-refractivity contribution in [3.8, 4) is 11.5 Å². The lowest BCUT2D eigenvalue weighted by atomic mass is 10.0. The van der Waals surface area contributed by atoms with Crippen LogP contribution in [-0.2, 0) is 28.5 Å². The molecule has 13 heteroatoms. The summed E-state index contributed by atoms with van der Waals surface area (Å²) in [5, 5.41) is 0. The fourth-order valence-electron chi connectivity index (χ4n) is 2.72. The maximum absolute atomic E-state index is 13.3. The highest BCUT2D eigenvalue weighted by Gasteiger charge is 2.40. The molecule has 0 saturated carbocycles. The zero-order chi connectivity index (χ0) is 25.9. The molecule has 4 nitrogen and oxygen atoms in total. The number of alkyl halides is 9. The Morgan fingerprint density at radius 1 is 0.853 bits per heavy atom. The summed E-state index contributed by atoms with van der Waals surface area (Å²) in [6.07, 6.45) is -14.7. The molecule has 0 aliphatic carbocycles. The van der Waals surface area contributed by atoms with Crippen molar-refractivity contribution >= 4 is 12.0 Å². The Hall–Kier alpha value is -3.38. The van der Waals surface area contributed by atoms with E-state index in [-0.39, 0.29) is 23.1 Å². The lowest BCUT2D eigenvalue weighted by molar-refractivity contribution is -0.148. The number of ether oxygens (including phenoxy) is 3. The molecule has 0 atom stereocenters. The van der Waals surface area contributed by atoms with Crippen molar-refractivity contribution in [3.05, 3.63) is 64.2 Å². The van der Waals surface area contributed by atoms with Gasteiger partial charge in [0.15, 0.2) is 11.5 Å².